The monoisotopic (exact) mass is 385 g/mol. The van der Waals surface area contributed by atoms with Gasteiger partial charge in [0.05, 0.1) is 0 Å². The van der Waals surface area contributed by atoms with Crippen LogP contribution in [0.1, 0.15) is 25.7 Å². The van der Waals surface area contributed by atoms with E-state index in [1.54, 1.807) is 4.90 Å². The predicted molar refractivity (Wildman–Crippen MR) is 105 cm³/mol. The summed E-state index contributed by atoms with van der Waals surface area (Å²) in [6.07, 6.45) is 3.05. The van der Waals surface area contributed by atoms with Gasteiger partial charge in [-0.2, -0.15) is 0 Å². The van der Waals surface area contributed by atoms with Crippen LogP contribution in [-0.4, -0.2) is 66.5 Å². The van der Waals surface area contributed by atoms with Crippen LogP contribution in [0.15, 0.2) is 30.3 Å². The molecule has 4 rings (SSSR count). The Morgan fingerprint density at radius 1 is 1.04 bits per heavy atom. The van der Waals surface area contributed by atoms with Gasteiger partial charge in [-0.25, -0.2) is 9.59 Å². The summed E-state index contributed by atoms with van der Waals surface area (Å²) in [6, 6.07) is 9.13. The summed E-state index contributed by atoms with van der Waals surface area (Å²) in [4.78, 5) is 40.1. The maximum atomic E-state index is 12.6. The van der Waals surface area contributed by atoms with Crippen molar-refractivity contribution in [3.05, 3.63) is 30.3 Å². The number of benzene rings is 1. The third kappa shape index (κ3) is 4.05. The number of carbonyl (C=O) groups excluding carboxylic acids is 3. The van der Waals surface area contributed by atoms with Crippen molar-refractivity contribution < 1.29 is 14.4 Å². The normalized spacial score (nSPS) is 23.6. The number of nitrogens with zero attached hydrogens (tertiary/aromatic N) is 2. The molecule has 28 heavy (non-hydrogen) atoms. The maximum absolute atomic E-state index is 12.6. The number of urea groups is 2. The van der Waals surface area contributed by atoms with Crippen LogP contribution >= 0.6 is 0 Å². The number of hydrogen-bond donors (Lipinski definition) is 3. The molecule has 1 aromatic carbocycles. The maximum Gasteiger partial charge on any atom is 0.321 e. The minimum atomic E-state index is -0.138. The van der Waals surface area contributed by atoms with Gasteiger partial charge in [0.1, 0.15) is 0 Å². The Kier molecular flexibility index (Phi) is 5.11. The summed E-state index contributed by atoms with van der Waals surface area (Å²) in [7, 11) is 0. The number of hydrogen-bond acceptors (Lipinski definition) is 3. The van der Waals surface area contributed by atoms with E-state index in [1.807, 2.05) is 35.2 Å². The highest BCUT2D eigenvalue weighted by Gasteiger charge is 2.42. The molecule has 0 saturated carbocycles. The molecule has 3 N–H and O–H groups in total. The Labute approximate surface area is 164 Å². The first-order valence-electron chi connectivity index (χ1n) is 9.96. The van der Waals surface area contributed by atoms with E-state index in [9.17, 15) is 14.4 Å². The lowest BCUT2D eigenvalue weighted by molar-refractivity contribution is -0.119. The van der Waals surface area contributed by atoms with Crippen molar-refractivity contribution in [2.45, 2.75) is 31.7 Å². The van der Waals surface area contributed by atoms with E-state index in [1.165, 1.54) is 0 Å². The molecule has 150 valence electrons. The molecule has 1 unspecified atom stereocenters. The molecule has 8 heteroatoms. The van der Waals surface area contributed by atoms with Gasteiger partial charge in [0.2, 0.25) is 5.91 Å². The number of piperidine rings is 1. The number of likely N-dealkylation sites (tertiary alicyclic amines) is 2. The first-order chi connectivity index (χ1) is 13.5. The van der Waals surface area contributed by atoms with Crippen molar-refractivity contribution in [2.75, 3.05) is 38.0 Å². The second kappa shape index (κ2) is 7.69. The predicted octanol–water partition coefficient (Wildman–Crippen LogP) is 1.60. The molecule has 1 aromatic rings. The largest absolute Gasteiger partial charge is 0.356 e. The molecule has 0 aliphatic carbocycles. The lowest BCUT2D eigenvalue weighted by Crippen LogP contribution is -2.51. The molecule has 8 nitrogen and oxygen atoms in total. The summed E-state index contributed by atoms with van der Waals surface area (Å²) in [5.74, 6) is 0.123. The Morgan fingerprint density at radius 2 is 1.79 bits per heavy atom. The highest BCUT2D eigenvalue weighted by atomic mass is 16.2. The molecular weight excluding hydrogens is 358 g/mol. The Balaban J connectivity index is 1.23. The molecule has 5 amide bonds. The zero-order valence-electron chi connectivity index (χ0n) is 15.9. The molecular formula is C20H27N5O3. The number of carbonyl (C=O) groups is 3. The fourth-order valence-electron chi connectivity index (χ4n) is 4.34. The SMILES string of the molecule is O=C1CC2(CCN(C(=O)NC3CCN(C(=O)Nc4ccccc4)C3)CC2)CN1. The Morgan fingerprint density at radius 3 is 2.46 bits per heavy atom. The van der Waals surface area contributed by atoms with Crippen molar-refractivity contribution in [3.63, 3.8) is 0 Å². The first kappa shape index (κ1) is 18.6. The van der Waals surface area contributed by atoms with Crippen LogP contribution in [0.3, 0.4) is 0 Å². The van der Waals surface area contributed by atoms with E-state index in [-0.39, 0.29) is 29.4 Å². The topological polar surface area (TPSA) is 93.8 Å². The highest BCUT2D eigenvalue weighted by Crippen LogP contribution is 2.37. The van der Waals surface area contributed by atoms with E-state index in [0.29, 0.717) is 32.6 Å². The fraction of sp³-hybridized carbons (Fsp3) is 0.550. The third-order valence-corrected chi connectivity index (χ3v) is 6.14. The molecule has 3 saturated heterocycles. The van der Waals surface area contributed by atoms with Crippen LogP contribution < -0.4 is 16.0 Å². The Hall–Kier alpha value is -2.77. The molecule has 3 heterocycles. The molecule has 1 spiro atoms. The van der Waals surface area contributed by atoms with E-state index < -0.39 is 0 Å². The summed E-state index contributed by atoms with van der Waals surface area (Å²) in [5.41, 5.74) is 0.801. The van der Waals surface area contributed by atoms with E-state index in [2.05, 4.69) is 16.0 Å². The van der Waals surface area contributed by atoms with Crippen LogP contribution in [0.4, 0.5) is 15.3 Å². The van der Waals surface area contributed by atoms with Gasteiger partial charge in [0.25, 0.3) is 0 Å². The average molecular weight is 385 g/mol. The van der Waals surface area contributed by atoms with Gasteiger partial charge in [0.15, 0.2) is 0 Å². The minimum absolute atomic E-state index is 0.0281. The van der Waals surface area contributed by atoms with Crippen molar-refractivity contribution in [1.82, 2.24) is 20.4 Å². The second-order valence-electron chi connectivity index (χ2n) is 8.12. The number of amides is 5. The van der Waals surface area contributed by atoms with Gasteiger partial charge in [-0.15, -0.1) is 0 Å². The van der Waals surface area contributed by atoms with Gasteiger partial charge in [-0.05, 0) is 36.8 Å². The molecule has 1 atom stereocenters. The summed E-state index contributed by atoms with van der Waals surface area (Å²) < 4.78 is 0. The zero-order valence-corrected chi connectivity index (χ0v) is 15.9. The molecule has 0 radical (unpaired) electrons. The van der Waals surface area contributed by atoms with Crippen LogP contribution in [0.2, 0.25) is 0 Å². The average Bonchev–Trinajstić information content (AvgIpc) is 3.30. The minimum Gasteiger partial charge on any atom is -0.356 e. The smallest absolute Gasteiger partial charge is 0.321 e. The van der Waals surface area contributed by atoms with Crippen molar-refractivity contribution in [3.8, 4) is 0 Å². The van der Waals surface area contributed by atoms with Crippen LogP contribution in [-0.2, 0) is 4.79 Å². The molecule has 3 fully saturated rings. The zero-order chi connectivity index (χ0) is 19.6. The van der Waals surface area contributed by atoms with E-state index >= 15 is 0 Å². The van der Waals surface area contributed by atoms with E-state index in [0.717, 1.165) is 31.5 Å². The van der Waals surface area contributed by atoms with E-state index in [4.69, 9.17) is 0 Å². The first-order valence-corrected chi connectivity index (χ1v) is 9.96. The third-order valence-electron chi connectivity index (χ3n) is 6.14. The van der Waals surface area contributed by atoms with Crippen molar-refractivity contribution >= 4 is 23.7 Å². The van der Waals surface area contributed by atoms with Crippen molar-refractivity contribution in [2.24, 2.45) is 5.41 Å². The molecule has 0 bridgehead atoms. The summed E-state index contributed by atoms with van der Waals surface area (Å²) in [5, 5.41) is 8.86. The second-order valence-corrected chi connectivity index (χ2v) is 8.12. The lowest BCUT2D eigenvalue weighted by atomic mass is 9.78. The summed E-state index contributed by atoms with van der Waals surface area (Å²) in [6.45, 7) is 3.22. The fourth-order valence-corrected chi connectivity index (χ4v) is 4.34. The van der Waals surface area contributed by atoms with Gasteiger partial charge >= 0.3 is 12.1 Å². The van der Waals surface area contributed by atoms with Gasteiger partial charge in [-0.3, -0.25) is 4.79 Å². The number of rotatable bonds is 2. The van der Waals surface area contributed by atoms with Gasteiger partial charge in [0, 0.05) is 50.9 Å². The molecule has 3 aliphatic heterocycles. The van der Waals surface area contributed by atoms with Crippen LogP contribution in [0, 0.1) is 5.41 Å². The van der Waals surface area contributed by atoms with Crippen LogP contribution in [0.5, 0.6) is 0 Å². The Bertz CT molecular complexity index is 745. The number of nitrogens with one attached hydrogen (secondary N) is 3. The number of anilines is 1. The van der Waals surface area contributed by atoms with Crippen molar-refractivity contribution in [1.29, 1.82) is 0 Å². The van der Waals surface area contributed by atoms with Gasteiger partial charge < -0.3 is 25.8 Å². The lowest BCUT2D eigenvalue weighted by Gasteiger charge is -2.38. The van der Waals surface area contributed by atoms with Crippen LogP contribution in [0.25, 0.3) is 0 Å². The quantitative estimate of drug-likeness (QED) is 0.722. The summed E-state index contributed by atoms with van der Waals surface area (Å²) >= 11 is 0. The molecule has 3 aliphatic rings. The highest BCUT2D eigenvalue weighted by molar-refractivity contribution is 5.89. The standard InChI is InChI=1S/C20H27N5O3/c26-17-12-20(14-21-17)7-10-24(11-8-20)18(27)23-16-6-9-25(13-16)19(28)22-15-4-2-1-3-5-15/h1-5,16H,6-14H2,(H,21,26)(H,22,28)(H,23,27). The van der Waals surface area contributed by atoms with Gasteiger partial charge in [-0.1, -0.05) is 18.2 Å². The number of para-hydroxylation sites is 1. The molecule has 0 aromatic heterocycles.